The topological polar surface area (TPSA) is 43.1 Å². The lowest BCUT2D eigenvalue weighted by Gasteiger charge is -2.08. The minimum absolute atomic E-state index is 0.192. The summed E-state index contributed by atoms with van der Waals surface area (Å²) >= 11 is 0. The first kappa shape index (κ1) is 9.63. The van der Waals surface area contributed by atoms with E-state index in [1.807, 2.05) is 20.8 Å². The van der Waals surface area contributed by atoms with E-state index in [2.05, 4.69) is 0 Å². The first-order valence-corrected chi connectivity index (χ1v) is 3.86. The highest BCUT2D eigenvalue weighted by atomic mass is 16.1. The number of rotatable bonds is 4. The smallest absolute Gasteiger partial charge is 0.149 e. The maximum atomic E-state index is 11.1. The van der Waals surface area contributed by atoms with Crippen LogP contribution in [0.4, 0.5) is 0 Å². The van der Waals surface area contributed by atoms with Crippen molar-refractivity contribution in [3.8, 4) is 0 Å². The van der Waals surface area contributed by atoms with Crippen LogP contribution in [0.15, 0.2) is 0 Å². The van der Waals surface area contributed by atoms with Gasteiger partial charge in [-0.05, 0) is 12.3 Å². The average Bonchev–Trinajstić information content (AvgIpc) is 1.85. The van der Waals surface area contributed by atoms with Crippen molar-refractivity contribution < 1.29 is 4.79 Å². The number of carbonyl (C=O) groups excluding carboxylic acids is 1. The molecule has 0 saturated carbocycles. The molecule has 60 valence electrons. The van der Waals surface area contributed by atoms with E-state index in [9.17, 15) is 4.79 Å². The fraction of sp³-hybridized carbons (Fsp3) is 0.875. The molecule has 2 N–H and O–H groups in total. The van der Waals surface area contributed by atoms with Crippen molar-refractivity contribution in [1.82, 2.24) is 0 Å². The van der Waals surface area contributed by atoms with Crippen LogP contribution in [0.2, 0.25) is 0 Å². The van der Waals surface area contributed by atoms with E-state index in [1.54, 1.807) is 0 Å². The molecule has 0 fully saturated rings. The van der Waals surface area contributed by atoms with Gasteiger partial charge in [-0.3, -0.25) is 4.79 Å². The molecule has 0 aliphatic rings. The third kappa shape index (κ3) is 3.62. The van der Waals surface area contributed by atoms with Crippen molar-refractivity contribution >= 4 is 5.78 Å². The Morgan fingerprint density at radius 1 is 1.50 bits per heavy atom. The Bertz CT molecular complexity index is 110. The van der Waals surface area contributed by atoms with E-state index >= 15 is 0 Å². The van der Waals surface area contributed by atoms with Gasteiger partial charge < -0.3 is 5.73 Å². The number of Topliss-reactive ketones (excluding diaryl/α,β-unsaturated/α-hetero) is 1. The third-order valence-corrected chi connectivity index (χ3v) is 1.46. The Morgan fingerprint density at radius 3 is 2.30 bits per heavy atom. The summed E-state index contributed by atoms with van der Waals surface area (Å²) in [5.41, 5.74) is 5.52. The first-order valence-electron chi connectivity index (χ1n) is 3.86. The van der Waals surface area contributed by atoms with Crippen LogP contribution in [-0.4, -0.2) is 11.8 Å². The van der Waals surface area contributed by atoms with Gasteiger partial charge in [-0.1, -0.05) is 20.8 Å². The molecule has 0 rings (SSSR count). The van der Waals surface area contributed by atoms with Crippen LogP contribution in [0.3, 0.4) is 0 Å². The van der Waals surface area contributed by atoms with Crippen LogP contribution in [-0.2, 0) is 4.79 Å². The summed E-state index contributed by atoms with van der Waals surface area (Å²) < 4.78 is 0. The molecule has 0 aromatic rings. The molecule has 0 heterocycles. The maximum absolute atomic E-state index is 11.1. The van der Waals surface area contributed by atoms with E-state index < -0.39 is 0 Å². The Labute approximate surface area is 62.8 Å². The van der Waals surface area contributed by atoms with Gasteiger partial charge in [0, 0.05) is 6.42 Å². The first-order chi connectivity index (χ1) is 4.57. The second-order valence-corrected chi connectivity index (χ2v) is 3.08. The highest BCUT2D eigenvalue weighted by molar-refractivity contribution is 5.83. The number of ketones is 1. The van der Waals surface area contributed by atoms with Gasteiger partial charge in [0.1, 0.15) is 5.78 Å². The van der Waals surface area contributed by atoms with Crippen LogP contribution in [0.1, 0.15) is 33.6 Å². The molecule has 0 amide bonds. The lowest BCUT2D eigenvalue weighted by atomic mass is 10.0. The molecule has 0 aliphatic heterocycles. The van der Waals surface area contributed by atoms with Crippen LogP contribution in [0, 0.1) is 5.92 Å². The molecule has 0 saturated heterocycles. The minimum atomic E-state index is -0.234. The molecule has 0 unspecified atom stereocenters. The zero-order chi connectivity index (χ0) is 8.15. The Kier molecular flexibility index (Phi) is 4.28. The number of nitrogens with two attached hydrogens (primary N) is 1. The monoisotopic (exact) mass is 143 g/mol. The SMILES string of the molecule is CC[C@H](N)C(=O)CC(C)C. The Morgan fingerprint density at radius 2 is 2.00 bits per heavy atom. The molecule has 0 spiro atoms. The van der Waals surface area contributed by atoms with Gasteiger partial charge in [0.05, 0.1) is 6.04 Å². The van der Waals surface area contributed by atoms with Gasteiger partial charge in [-0.25, -0.2) is 0 Å². The Balaban J connectivity index is 3.62. The summed E-state index contributed by atoms with van der Waals surface area (Å²) in [5.74, 6) is 0.627. The van der Waals surface area contributed by atoms with Crippen LogP contribution in [0.5, 0.6) is 0 Å². The molecule has 2 nitrogen and oxygen atoms in total. The van der Waals surface area contributed by atoms with E-state index in [0.29, 0.717) is 12.3 Å². The molecule has 10 heavy (non-hydrogen) atoms. The lowest BCUT2D eigenvalue weighted by molar-refractivity contribution is -0.121. The van der Waals surface area contributed by atoms with Crippen LogP contribution < -0.4 is 5.73 Å². The second-order valence-electron chi connectivity index (χ2n) is 3.08. The fourth-order valence-corrected chi connectivity index (χ4v) is 0.781. The summed E-state index contributed by atoms with van der Waals surface area (Å²) in [6.07, 6.45) is 1.38. The molecular formula is C8H17NO. The maximum Gasteiger partial charge on any atom is 0.149 e. The van der Waals surface area contributed by atoms with E-state index in [0.717, 1.165) is 6.42 Å². The number of hydrogen-bond acceptors (Lipinski definition) is 2. The predicted octanol–water partition coefficient (Wildman–Crippen LogP) is 1.34. The quantitative estimate of drug-likeness (QED) is 0.645. The van der Waals surface area contributed by atoms with Crippen LogP contribution >= 0.6 is 0 Å². The highest BCUT2D eigenvalue weighted by Crippen LogP contribution is 2.03. The average molecular weight is 143 g/mol. The summed E-state index contributed by atoms with van der Waals surface area (Å²) in [6, 6.07) is -0.234. The minimum Gasteiger partial charge on any atom is -0.322 e. The van der Waals surface area contributed by atoms with Crippen molar-refractivity contribution in [1.29, 1.82) is 0 Å². The summed E-state index contributed by atoms with van der Waals surface area (Å²) in [5, 5.41) is 0. The molecule has 2 heteroatoms. The van der Waals surface area contributed by atoms with Gasteiger partial charge in [0.25, 0.3) is 0 Å². The van der Waals surface area contributed by atoms with Gasteiger partial charge in [-0.2, -0.15) is 0 Å². The molecule has 0 aromatic carbocycles. The molecule has 0 aliphatic carbocycles. The predicted molar refractivity (Wildman–Crippen MR) is 42.7 cm³/mol. The standard InChI is InChI=1S/C8H17NO/c1-4-7(9)8(10)5-6(2)3/h6-7H,4-5,9H2,1-3H3/t7-/m0/s1. The van der Waals surface area contributed by atoms with Crippen molar-refractivity contribution in [2.75, 3.05) is 0 Å². The molecule has 1 atom stereocenters. The third-order valence-electron chi connectivity index (χ3n) is 1.46. The van der Waals surface area contributed by atoms with E-state index in [4.69, 9.17) is 5.73 Å². The summed E-state index contributed by atoms with van der Waals surface area (Å²) in [7, 11) is 0. The van der Waals surface area contributed by atoms with Crippen molar-refractivity contribution in [3.05, 3.63) is 0 Å². The van der Waals surface area contributed by atoms with E-state index in [-0.39, 0.29) is 11.8 Å². The lowest BCUT2D eigenvalue weighted by Crippen LogP contribution is -2.30. The van der Waals surface area contributed by atoms with Gasteiger partial charge in [0.15, 0.2) is 0 Å². The summed E-state index contributed by atoms with van der Waals surface area (Å²) in [6.45, 7) is 5.99. The van der Waals surface area contributed by atoms with Gasteiger partial charge in [-0.15, -0.1) is 0 Å². The fourth-order valence-electron chi connectivity index (χ4n) is 0.781. The largest absolute Gasteiger partial charge is 0.322 e. The van der Waals surface area contributed by atoms with Crippen molar-refractivity contribution in [2.45, 2.75) is 39.7 Å². The second kappa shape index (κ2) is 4.45. The van der Waals surface area contributed by atoms with Gasteiger partial charge in [0.2, 0.25) is 0 Å². The van der Waals surface area contributed by atoms with Crippen LogP contribution in [0.25, 0.3) is 0 Å². The highest BCUT2D eigenvalue weighted by Gasteiger charge is 2.11. The van der Waals surface area contributed by atoms with Crippen molar-refractivity contribution in [2.24, 2.45) is 11.7 Å². The Hall–Kier alpha value is -0.370. The zero-order valence-electron chi connectivity index (χ0n) is 7.05. The molecule has 0 bridgehead atoms. The number of carbonyl (C=O) groups is 1. The van der Waals surface area contributed by atoms with Crippen molar-refractivity contribution in [3.63, 3.8) is 0 Å². The van der Waals surface area contributed by atoms with E-state index in [1.165, 1.54) is 0 Å². The molecule has 0 radical (unpaired) electrons. The zero-order valence-corrected chi connectivity index (χ0v) is 7.05. The summed E-state index contributed by atoms with van der Waals surface area (Å²) in [4.78, 5) is 11.1. The number of hydrogen-bond donors (Lipinski definition) is 1. The normalized spacial score (nSPS) is 13.7. The van der Waals surface area contributed by atoms with Gasteiger partial charge >= 0.3 is 0 Å². The molecule has 0 aromatic heterocycles. The molecular weight excluding hydrogens is 126 g/mol.